The van der Waals surface area contributed by atoms with E-state index in [1.54, 1.807) is 30.5 Å². The average Bonchev–Trinajstić information content (AvgIpc) is 3.48. The third-order valence-corrected chi connectivity index (χ3v) is 6.70. The first-order valence-electron chi connectivity index (χ1n) is 11.0. The minimum atomic E-state index is -0.242. The van der Waals surface area contributed by atoms with Gasteiger partial charge >= 0.3 is 6.03 Å². The van der Waals surface area contributed by atoms with Gasteiger partial charge in [-0.3, -0.25) is 9.58 Å². The Balaban J connectivity index is 1.19. The Morgan fingerprint density at radius 1 is 1.31 bits per heavy atom. The number of nitrogens with zero attached hydrogens (tertiary/aromatic N) is 4. The van der Waals surface area contributed by atoms with Gasteiger partial charge in [0.2, 0.25) is 0 Å². The van der Waals surface area contributed by atoms with E-state index in [0.29, 0.717) is 35.7 Å². The lowest BCUT2D eigenvalue weighted by molar-refractivity contribution is 0.0296. The second-order valence-electron chi connectivity index (χ2n) is 8.62. The summed E-state index contributed by atoms with van der Waals surface area (Å²) < 4.78 is 7.50. The number of hydrogen-bond donors (Lipinski definition) is 2. The zero-order valence-corrected chi connectivity index (χ0v) is 18.0. The van der Waals surface area contributed by atoms with E-state index < -0.39 is 0 Å². The van der Waals surface area contributed by atoms with Crippen molar-refractivity contribution in [3.8, 4) is 17.5 Å². The molecule has 2 N–H and O–H groups in total. The van der Waals surface area contributed by atoms with Gasteiger partial charge < -0.3 is 15.1 Å². The van der Waals surface area contributed by atoms with Crippen molar-refractivity contribution in [2.75, 3.05) is 25.0 Å². The SMILES string of the molecule is Cn1nc(-c2ccco2)cc1C1CN2CCC1CC2CNC(=O)Nc1cccc(C#N)c1. The number of aromatic nitrogens is 2. The number of fused-ring (bicyclic) bond motifs is 3. The summed E-state index contributed by atoms with van der Waals surface area (Å²) in [4.78, 5) is 14.8. The van der Waals surface area contributed by atoms with Crippen LogP contribution >= 0.6 is 0 Å². The molecule has 2 amide bonds. The van der Waals surface area contributed by atoms with Gasteiger partial charge in [0.1, 0.15) is 5.69 Å². The van der Waals surface area contributed by atoms with Crippen LogP contribution in [-0.4, -0.2) is 46.4 Å². The van der Waals surface area contributed by atoms with Crippen LogP contribution in [-0.2, 0) is 7.05 Å². The number of carbonyl (C=O) groups is 1. The third-order valence-electron chi connectivity index (χ3n) is 6.70. The molecule has 2 aromatic heterocycles. The molecule has 6 rings (SSSR count). The normalized spacial score (nSPS) is 24.1. The maximum absolute atomic E-state index is 12.4. The first-order valence-corrected chi connectivity index (χ1v) is 11.0. The fourth-order valence-electron chi connectivity index (χ4n) is 5.11. The summed E-state index contributed by atoms with van der Waals surface area (Å²) in [6, 6.07) is 15.1. The molecule has 0 saturated carbocycles. The van der Waals surface area contributed by atoms with Crippen LogP contribution in [0, 0.1) is 17.2 Å². The highest BCUT2D eigenvalue weighted by Crippen LogP contribution is 2.42. The molecule has 2 bridgehead atoms. The van der Waals surface area contributed by atoms with Crippen molar-refractivity contribution < 1.29 is 9.21 Å². The molecule has 3 aliphatic rings. The van der Waals surface area contributed by atoms with Crippen molar-refractivity contribution in [3.05, 3.63) is 60.0 Å². The number of carbonyl (C=O) groups excluding carboxylic acids is 1. The molecule has 3 aliphatic heterocycles. The largest absolute Gasteiger partial charge is 0.463 e. The molecule has 0 spiro atoms. The minimum Gasteiger partial charge on any atom is -0.463 e. The van der Waals surface area contributed by atoms with Crippen molar-refractivity contribution in [2.45, 2.75) is 24.8 Å². The number of aryl methyl sites for hydroxylation is 1. The molecule has 0 radical (unpaired) electrons. The van der Waals surface area contributed by atoms with Crippen LogP contribution in [0.3, 0.4) is 0 Å². The lowest BCUT2D eigenvalue weighted by atomic mass is 9.74. The van der Waals surface area contributed by atoms with Gasteiger partial charge in [-0.2, -0.15) is 10.4 Å². The Morgan fingerprint density at radius 2 is 2.22 bits per heavy atom. The fourth-order valence-corrected chi connectivity index (χ4v) is 5.11. The summed E-state index contributed by atoms with van der Waals surface area (Å²) in [5, 5.41) is 19.5. The van der Waals surface area contributed by atoms with Crippen LogP contribution in [0.15, 0.2) is 53.1 Å². The van der Waals surface area contributed by atoms with Gasteiger partial charge in [-0.15, -0.1) is 0 Å². The Kier molecular flexibility index (Phi) is 5.41. The molecule has 3 aromatic rings. The van der Waals surface area contributed by atoms with E-state index in [-0.39, 0.29) is 6.03 Å². The highest BCUT2D eigenvalue weighted by Gasteiger charge is 2.41. The van der Waals surface area contributed by atoms with Crippen molar-refractivity contribution in [1.29, 1.82) is 5.26 Å². The van der Waals surface area contributed by atoms with Crippen LogP contribution in [0.1, 0.15) is 30.0 Å². The standard InChI is InChI=1S/C24H26N6O2/c1-29-22(12-21(28-29)23-6-3-9-32-23)20-15-30-8-7-17(20)11-19(30)14-26-24(31)27-18-5-2-4-16(10-18)13-25/h2-6,9-10,12,17,19-20H,7-8,11,14-15H2,1H3,(H2,26,27,31). The number of nitriles is 1. The van der Waals surface area contributed by atoms with E-state index in [1.807, 2.05) is 23.9 Å². The molecule has 3 fully saturated rings. The molecule has 5 heterocycles. The summed E-state index contributed by atoms with van der Waals surface area (Å²) in [7, 11) is 2.00. The molecule has 4 atom stereocenters. The van der Waals surface area contributed by atoms with E-state index in [0.717, 1.165) is 37.4 Å². The second kappa shape index (κ2) is 8.52. The molecular formula is C24H26N6O2. The Bertz CT molecular complexity index is 1150. The van der Waals surface area contributed by atoms with Gasteiger partial charge in [0.15, 0.2) is 5.76 Å². The number of hydrogen-bond acceptors (Lipinski definition) is 5. The number of furan rings is 1. The van der Waals surface area contributed by atoms with Crippen LogP contribution in [0.4, 0.5) is 10.5 Å². The van der Waals surface area contributed by atoms with Crippen LogP contribution in [0.2, 0.25) is 0 Å². The van der Waals surface area contributed by atoms with Gasteiger partial charge in [-0.1, -0.05) is 6.07 Å². The van der Waals surface area contributed by atoms with E-state index in [4.69, 9.17) is 9.68 Å². The summed E-state index contributed by atoms with van der Waals surface area (Å²) in [6.45, 7) is 2.64. The summed E-state index contributed by atoms with van der Waals surface area (Å²) in [6.07, 6.45) is 3.89. The van der Waals surface area contributed by atoms with Gasteiger partial charge in [0, 0.05) is 43.5 Å². The van der Waals surface area contributed by atoms with E-state index in [2.05, 4.69) is 32.8 Å². The molecule has 1 aromatic carbocycles. The number of amides is 2. The Labute approximate surface area is 186 Å². The fraction of sp³-hybridized carbons (Fsp3) is 0.375. The maximum Gasteiger partial charge on any atom is 0.319 e. The number of anilines is 1. The number of nitrogens with one attached hydrogen (secondary N) is 2. The third kappa shape index (κ3) is 3.99. The topological polar surface area (TPSA) is 99.1 Å². The van der Waals surface area contributed by atoms with Crippen LogP contribution in [0.5, 0.6) is 0 Å². The first kappa shape index (κ1) is 20.3. The van der Waals surface area contributed by atoms with Gasteiger partial charge in [0.05, 0.1) is 17.9 Å². The molecule has 8 nitrogen and oxygen atoms in total. The zero-order valence-electron chi connectivity index (χ0n) is 18.0. The van der Waals surface area contributed by atoms with Crippen molar-refractivity contribution in [1.82, 2.24) is 20.0 Å². The van der Waals surface area contributed by atoms with Crippen molar-refractivity contribution >= 4 is 11.7 Å². The molecule has 3 saturated heterocycles. The Morgan fingerprint density at radius 3 is 2.97 bits per heavy atom. The minimum absolute atomic E-state index is 0.242. The number of piperidine rings is 3. The lowest BCUT2D eigenvalue weighted by Gasteiger charge is -2.49. The summed E-state index contributed by atoms with van der Waals surface area (Å²) in [5.74, 6) is 1.80. The number of benzene rings is 1. The first-order chi connectivity index (χ1) is 15.6. The van der Waals surface area contributed by atoms with Crippen molar-refractivity contribution in [3.63, 3.8) is 0 Å². The number of rotatable bonds is 5. The van der Waals surface area contributed by atoms with E-state index >= 15 is 0 Å². The molecule has 8 heteroatoms. The van der Waals surface area contributed by atoms with Crippen LogP contribution in [0.25, 0.3) is 11.5 Å². The quantitative estimate of drug-likeness (QED) is 0.645. The molecule has 0 aliphatic carbocycles. The van der Waals surface area contributed by atoms with E-state index in [9.17, 15) is 4.79 Å². The van der Waals surface area contributed by atoms with E-state index in [1.165, 1.54) is 5.69 Å². The number of urea groups is 1. The van der Waals surface area contributed by atoms with Gasteiger partial charge in [-0.05, 0) is 61.7 Å². The predicted molar refractivity (Wildman–Crippen MR) is 120 cm³/mol. The van der Waals surface area contributed by atoms with Crippen LogP contribution < -0.4 is 10.6 Å². The smallest absolute Gasteiger partial charge is 0.319 e. The monoisotopic (exact) mass is 430 g/mol. The average molecular weight is 431 g/mol. The van der Waals surface area contributed by atoms with Crippen molar-refractivity contribution in [2.24, 2.45) is 13.0 Å². The van der Waals surface area contributed by atoms with Gasteiger partial charge in [-0.25, -0.2) is 4.79 Å². The molecule has 4 unspecified atom stereocenters. The zero-order chi connectivity index (χ0) is 22.1. The van der Waals surface area contributed by atoms with Gasteiger partial charge in [0.25, 0.3) is 0 Å². The molecule has 32 heavy (non-hydrogen) atoms. The summed E-state index contributed by atoms with van der Waals surface area (Å²) >= 11 is 0. The highest BCUT2D eigenvalue weighted by atomic mass is 16.3. The summed E-state index contributed by atoms with van der Waals surface area (Å²) in [5.41, 5.74) is 3.26. The molecular weight excluding hydrogens is 404 g/mol. The second-order valence-corrected chi connectivity index (χ2v) is 8.62. The Hall–Kier alpha value is -3.57. The predicted octanol–water partition coefficient (Wildman–Crippen LogP) is 3.55. The maximum atomic E-state index is 12.4. The molecule has 164 valence electrons. The lowest BCUT2D eigenvalue weighted by Crippen LogP contribution is -2.56. The highest BCUT2D eigenvalue weighted by molar-refractivity contribution is 5.89.